The molecule has 0 unspecified atom stereocenters. The average molecular weight is 203 g/mol. The molecule has 80 valence electrons. The molecular weight excluding hydrogens is 186 g/mol. The molecule has 15 heavy (non-hydrogen) atoms. The van der Waals surface area contributed by atoms with Gasteiger partial charge in [0.05, 0.1) is 0 Å². The molecule has 0 spiro atoms. The summed E-state index contributed by atoms with van der Waals surface area (Å²) in [5, 5.41) is 3.59. The number of nitrogens with zero attached hydrogens (tertiary/aromatic N) is 2. The topological polar surface area (TPSA) is 37.8 Å². The van der Waals surface area contributed by atoms with E-state index in [0.717, 1.165) is 23.3 Å². The molecule has 0 aromatic carbocycles. The van der Waals surface area contributed by atoms with Gasteiger partial charge in [-0.2, -0.15) is 0 Å². The van der Waals surface area contributed by atoms with Gasteiger partial charge >= 0.3 is 0 Å². The van der Waals surface area contributed by atoms with Crippen molar-refractivity contribution < 1.29 is 0 Å². The molecule has 3 nitrogen and oxygen atoms in total. The zero-order chi connectivity index (χ0) is 10.3. The van der Waals surface area contributed by atoms with Gasteiger partial charge in [-0.3, -0.25) is 0 Å². The van der Waals surface area contributed by atoms with Crippen LogP contribution < -0.4 is 5.32 Å². The number of hydrogen-bond acceptors (Lipinski definition) is 3. The van der Waals surface area contributed by atoms with Crippen LogP contribution in [0.15, 0.2) is 12.4 Å². The number of nitrogens with one attached hydrogen (secondary N) is 1. The molecule has 3 rings (SSSR count). The lowest BCUT2D eigenvalue weighted by molar-refractivity contribution is 0.565. The van der Waals surface area contributed by atoms with Gasteiger partial charge in [-0.1, -0.05) is 0 Å². The van der Waals surface area contributed by atoms with Crippen molar-refractivity contribution >= 4 is 5.82 Å². The third kappa shape index (κ3) is 2.11. The Balaban J connectivity index is 1.71. The van der Waals surface area contributed by atoms with E-state index in [2.05, 4.69) is 15.3 Å². The summed E-state index contributed by atoms with van der Waals surface area (Å²) in [6.07, 6.45) is 7.25. The van der Waals surface area contributed by atoms with Crippen molar-refractivity contribution in [2.45, 2.75) is 38.6 Å². The predicted molar refractivity (Wildman–Crippen MR) is 59.6 cm³/mol. The first-order valence-electron chi connectivity index (χ1n) is 5.88. The minimum Gasteiger partial charge on any atom is -0.367 e. The van der Waals surface area contributed by atoms with E-state index in [1.165, 1.54) is 25.7 Å². The lowest BCUT2D eigenvalue weighted by atomic mass is 10.1. The van der Waals surface area contributed by atoms with Gasteiger partial charge in [0, 0.05) is 17.8 Å². The van der Waals surface area contributed by atoms with Crippen LogP contribution in [-0.4, -0.2) is 16.0 Å². The summed E-state index contributed by atoms with van der Waals surface area (Å²) in [5.41, 5.74) is 1.04. The Bertz CT molecular complexity index is 344. The molecule has 2 saturated carbocycles. The predicted octanol–water partition coefficient (Wildman–Crippen LogP) is 2.39. The molecule has 3 heteroatoms. The molecule has 1 N–H and O–H groups in total. The van der Waals surface area contributed by atoms with E-state index in [0.29, 0.717) is 6.04 Å². The van der Waals surface area contributed by atoms with Gasteiger partial charge in [0.1, 0.15) is 12.1 Å². The Morgan fingerprint density at radius 1 is 1.20 bits per heavy atom. The highest BCUT2D eigenvalue weighted by Crippen LogP contribution is 2.45. The van der Waals surface area contributed by atoms with Gasteiger partial charge in [0.2, 0.25) is 0 Å². The highest BCUT2D eigenvalue weighted by Gasteiger charge is 2.41. The van der Waals surface area contributed by atoms with E-state index in [-0.39, 0.29) is 0 Å². The summed E-state index contributed by atoms with van der Waals surface area (Å²) in [5.74, 6) is 2.83. The van der Waals surface area contributed by atoms with Crippen LogP contribution in [0.4, 0.5) is 5.82 Å². The Morgan fingerprint density at radius 2 is 1.87 bits per heavy atom. The van der Waals surface area contributed by atoms with Crippen molar-refractivity contribution in [3.05, 3.63) is 18.1 Å². The molecule has 0 radical (unpaired) electrons. The number of hydrogen-bond donors (Lipinski definition) is 1. The van der Waals surface area contributed by atoms with E-state index in [1.54, 1.807) is 6.33 Å². The second kappa shape index (κ2) is 3.47. The largest absolute Gasteiger partial charge is 0.367 e. The Kier molecular flexibility index (Phi) is 2.11. The van der Waals surface area contributed by atoms with E-state index in [1.807, 2.05) is 13.0 Å². The molecule has 1 heterocycles. The monoisotopic (exact) mass is 203 g/mol. The molecule has 0 bridgehead atoms. The minimum atomic E-state index is 0.680. The fraction of sp³-hybridized carbons (Fsp3) is 0.667. The van der Waals surface area contributed by atoms with Gasteiger partial charge in [0.15, 0.2) is 0 Å². The lowest BCUT2D eigenvalue weighted by Gasteiger charge is -2.18. The highest BCUT2D eigenvalue weighted by molar-refractivity contribution is 5.37. The van der Waals surface area contributed by atoms with E-state index in [4.69, 9.17) is 0 Å². The van der Waals surface area contributed by atoms with Crippen LogP contribution in [0.1, 0.15) is 31.4 Å². The molecule has 0 saturated heterocycles. The quantitative estimate of drug-likeness (QED) is 0.816. The molecular formula is C12H17N3. The maximum Gasteiger partial charge on any atom is 0.129 e. The van der Waals surface area contributed by atoms with Crippen molar-refractivity contribution in [3.8, 4) is 0 Å². The third-order valence-corrected chi connectivity index (χ3v) is 3.38. The van der Waals surface area contributed by atoms with Crippen LogP contribution >= 0.6 is 0 Å². The van der Waals surface area contributed by atoms with Crippen LogP contribution in [0.3, 0.4) is 0 Å². The van der Waals surface area contributed by atoms with Crippen LogP contribution in [0.2, 0.25) is 0 Å². The molecule has 1 aromatic heterocycles. The lowest BCUT2D eigenvalue weighted by Crippen LogP contribution is -2.24. The van der Waals surface area contributed by atoms with E-state index < -0.39 is 0 Å². The minimum absolute atomic E-state index is 0.680. The van der Waals surface area contributed by atoms with E-state index >= 15 is 0 Å². The second-order valence-corrected chi connectivity index (χ2v) is 4.89. The molecule has 0 amide bonds. The summed E-state index contributed by atoms with van der Waals surface area (Å²) in [7, 11) is 0. The Labute approximate surface area is 90.3 Å². The van der Waals surface area contributed by atoms with Gasteiger partial charge in [0.25, 0.3) is 0 Å². The van der Waals surface area contributed by atoms with Crippen molar-refractivity contribution in [3.63, 3.8) is 0 Å². The summed E-state index contributed by atoms with van der Waals surface area (Å²) in [6.45, 7) is 2.01. The smallest absolute Gasteiger partial charge is 0.129 e. The van der Waals surface area contributed by atoms with Crippen LogP contribution in [0.5, 0.6) is 0 Å². The van der Waals surface area contributed by atoms with Crippen LogP contribution in [-0.2, 0) is 0 Å². The average Bonchev–Trinajstić information content (AvgIpc) is 3.07. The zero-order valence-electron chi connectivity index (χ0n) is 9.11. The number of aryl methyl sites for hydroxylation is 1. The normalized spacial score (nSPS) is 20.7. The van der Waals surface area contributed by atoms with E-state index in [9.17, 15) is 0 Å². The summed E-state index contributed by atoms with van der Waals surface area (Å²) in [6, 6.07) is 2.72. The highest BCUT2D eigenvalue weighted by atomic mass is 15.1. The molecule has 2 aliphatic rings. The SMILES string of the molecule is Cc1cc(NC(C2CC2)C2CC2)ncn1. The van der Waals surface area contributed by atoms with Gasteiger partial charge < -0.3 is 5.32 Å². The summed E-state index contributed by atoms with van der Waals surface area (Å²) in [4.78, 5) is 8.39. The number of aromatic nitrogens is 2. The maximum absolute atomic E-state index is 4.28. The van der Waals surface area contributed by atoms with Gasteiger partial charge in [-0.25, -0.2) is 9.97 Å². The maximum atomic E-state index is 4.28. The third-order valence-electron chi connectivity index (χ3n) is 3.38. The van der Waals surface area contributed by atoms with Gasteiger partial charge in [-0.05, 0) is 44.4 Å². The fourth-order valence-electron chi connectivity index (χ4n) is 2.24. The van der Waals surface area contributed by atoms with Crippen LogP contribution in [0, 0.1) is 18.8 Å². The molecule has 2 fully saturated rings. The molecule has 0 aliphatic heterocycles. The second-order valence-electron chi connectivity index (χ2n) is 4.89. The van der Waals surface area contributed by atoms with Gasteiger partial charge in [-0.15, -0.1) is 0 Å². The number of anilines is 1. The standard InChI is InChI=1S/C12H17N3/c1-8-6-11(14-7-13-8)15-12(9-2-3-9)10-4-5-10/h6-7,9-10,12H,2-5H2,1H3,(H,13,14,15). The van der Waals surface area contributed by atoms with Crippen LogP contribution in [0.25, 0.3) is 0 Å². The zero-order valence-corrected chi connectivity index (χ0v) is 9.11. The Morgan fingerprint density at radius 3 is 2.40 bits per heavy atom. The Hall–Kier alpha value is -1.12. The number of rotatable bonds is 4. The summed E-state index contributed by atoms with van der Waals surface area (Å²) < 4.78 is 0. The molecule has 1 aromatic rings. The first-order chi connectivity index (χ1) is 7.33. The first-order valence-corrected chi connectivity index (χ1v) is 5.88. The molecule has 2 aliphatic carbocycles. The fourth-order valence-corrected chi connectivity index (χ4v) is 2.24. The van der Waals surface area contributed by atoms with Crippen molar-refractivity contribution in [2.75, 3.05) is 5.32 Å². The van der Waals surface area contributed by atoms with Crippen molar-refractivity contribution in [1.29, 1.82) is 0 Å². The molecule has 0 atom stereocenters. The first kappa shape index (κ1) is 9.13. The van der Waals surface area contributed by atoms with Crippen molar-refractivity contribution in [2.24, 2.45) is 11.8 Å². The van der Waals surface area contributed by atoms with Crippen molar-refractivity contribution in [1.82, 2.24) is 9.97 Å². The summed E-state index contributed by atoms with van der Waals surface area (Å²) >= 11 is 0.